The van der Waals surface area contributed by atoms with Gasteiger partial charge in [0.2, 0.25) is 5.91 Å². The number of carbonyl (C=O) groups excluding carboxylic acids is 1. The fraction of sp³-hybridized carbons (Fsp3) is 0.909. The van der Waals surface area contributed by atoms with E-state index in [1.807, 2.05) is 0 Å². The van der Waals surface area contributed by atoms with Gasteiger partial charge in [0.25, 0.3) is 0 Å². The van der Waals surface area contributed by atoms with Gasteiger partial charge in [-0.05, 0) is 12.8 Å². The van der Waals surface area contributed by atoms with Gasteiger partial charge in [0, 0.05) is 26.7 Å². The second-order valence-electron chi connectivity index (χ2n) is 4.90. The Balaban J connectivity index is 4.34. The van der Waals surface area contributed by atoms with Crippen molar-refractivity contribution < 1.29 is 9.53 Å². The van der Waals surface area contributed by atoms with Crippen LogP contribution in [-0.2, 0) is 9.53 Å². The molecule has 0 rings (SSSR count). The van der Waals surface area contributed by atoms with Crippen LogP contribution in [0.5, 0.6) is 0 Å². The fourth-order valence-corrected chi connectivity index (χ4v) is 1.51. The van der Waals surface area contributed by atoms with Crippen molar-refractivity contribution in [2.75, 3.05) is 33.4 Å². The first-order valence-electron chi connectivity index (χ1n) is 5.59. The second-order valence-corrected chi connectivity index (χ2v) is 4.90. The van der Waals surface area contributed by atoms with Gasteiger partial charge in [0.15, 0.2) is 0 Å². The molecule has 0 aliphatic rings. The third-order valence-corrected chi connectivity index (χ3v) is 2.35. The van der Waals surface area contributed by atoms with Crippen molar-refractivity contribution in [3.8, 4) is 0 Å². The lowest BCUT2D eigenvalue weighted by atomic mass is 10.0. The minimum atomic E-state index is -0.984. The van der Waals surface area contributed by atoms with Gasteiger partial charge in [-0.15, -0.1) is 0 Å². The Labute approximate surface area is 98.1 Å². The Hall–Kier alpha value is -0.650. The van der Waals surface area contributed by atoms with Crippen molar-refractivity contribution in [3.63, 3.8) is 0 Å². The first-order valence-corrected chi connectivity index (χ1v) is 5.59. The average Bonchev–Trinajstić information content (AvgIpc) is 2.12. The van der Waals surface area contributed by atoms with E-state index in [-0.39, 0.29) is 0 Å². The minimum Gasteiger partial charge on any atom is -0.383 e. The molecular weight excluding hydrogens is 206 g/mol. The number of nitrogens with zero attached hydrogens (tertiary/aromatic N) is 1. The Morgan fingerprint density at radius 1 is 1.50 bits per heavy atom. The highest BCUT2D eigenvalue weighted by atomic mass is 16.5. The van der Waals surface area contributed by atoms with E-state index in [0.717, 1.165) is 13.1 Å². The van der Waals surface area contributed by atoms with Gasteiger partial charge in [0.05, 0.1) is 6.61 Å². The minimum absolute atomic E-state index is 0.462. The highest BCUT2D eigenvalue weighted by Gasteiger charge is 2.28. The molecule has 0 aromatic carbocycles. The maximum Gasteiger partial charge on any atom is 0.238 e. The third-order valence-electron chi connectivity index (χ3n) is 2.35. The van der Waals surface area contributed by atoms with Crippen LogP contribution in [0, 0.1) is 5.92 Å². The first kappa shape index (κ1) is 15.3. The van der Waals surface area contributed by atoms with Crippen LogP contribution in [0.2, 0.25) is 0 Å². The van der Waals surface area contributed by atoms with Crippen LogP contribution >= 0.6 is 0 Å². The Morgan fingerprint density at radius 2 is 2.06 bits per heavy atom. The second kappa shape index (κ2) is 6.83. The Bertz CT molecular complexity index is 217. The lowest BCUT2D eigenvalue weighted by Gasteiger charge is -2.31. The fourth-order valence-electron chi connectivity index (χ4n) is 1.51. The smallest absolute Gasteiger partial charge is 0.238 e. The molecule has 16 heavy (non-hydrogen) atoms. The van der Waals surface area contributed by atoms with Crippen molar-refractivity contribution in [1.29, 1.82) is 0 Å². The Kier molecular flexibility index (Phi) is 6.55. The lowest BCUT2D eigenvalue weighted by Crippen LogP contribution is -2.57. The van der Waals surface area contributed by atoms with Gasteiger partial charge >= 0.3 is 0 Å². The van der Waals surface area contributed by atoms with Gasteiger partial charge in [-0.1, -0.05) is 13.8 Å². The number of ether oxygens (including phenoxy) is 1. The monoisotopic (exact) mass is 231 g/mol. The maximum atomic E-state index is 11.2. The topological polar surface area (TPSA) is 81.6 Å². The summed E-state index contributed by atoms with van der Waals surface area (Å²) in [4.78, 5) is 13.3. The van der Waals surface area contributed by atoms with Crippen LogP contribution in [0.15, 0.2) is 0 Å². The van der Waals surface area contributed by atoms with Crippen molar-refractivity contribution >= 4 is 5.91 Å². The van der Waals surface area contributed by atoms with Gasteiger partial charge in [-0.2, -0.15) is 0 Å². The molecule has 0 radical (unpaired) electrons. The molecule has 0 heterocycles. The van der Waals surface area contributed by atoms with Crippen LogP contribution < -0.4 is 11.5 Å². The van der Waals surface area contributed by atoms with Crippen molar-refractivity contribution in [2.24, 2.45) is 17.4 Å². The van der Waals surface area contributed by atoms with Crippen LogP contribution in [0.25, 0.3) is 0 Å². The van der Waals surface area contributed by atoms with Gasteiger partial charge in [-0.3, -0.25) is 9.69 Å². The maximum absolute atomic E-state index is 11.2. The summed E-state index contributed by atoms with van der Waals surface area (Å²) in [5.74, 6) is 0.0409. The van der Waals surface area contributed by atoms with Crippen LogP contribution in [0.3, 0.4) is 0 Å². The van der Waals surface area contributed by atoms with E-state index in [4.69, 9.17) is 16.2 Å². The zero-order valence-electron chi connectivity index (χ0n) is 10.8. The van der Waals surface area contributed by atoms with E-state index in [9.17, 15) is 4.79 Å². The largest absolute Gasteiger partial charge is 0.383 e. The summed E-state index contributed by atoms with van der Waals surface area (Å²) in [6.07, 6.45) is 0. The number of hydrogen-bond acceptors (Lipinski definition) is 4. The molecule has 0 spiro atoms. The predicted octanol–water partition coefficient (Wildman–Crippen LogP) is -0.206. The van der Waals surface area contributed by atoms with Gasteiger partial charge in [0.1, 0.15) is 5.54 Å². The van der Waals surface area contributed by atoms with Crippen molar-refractivity contribution in [1.82, 2.24) is 4.90 Å². The van der Waals surface area contributed by atoms with Crippen LogP contribution in [-0.4, -0.2) is 49.7 Å². The molecule has 0 bridgehead atoms. The summed E-state index contributed by atoms with van der Waals surface area (Å²) in [6.45, 7) is 8.63. The molecule has 0 aromatic rings. The zero-order valence-corrected chi connectivity index (χ0v) is 10.8. The zero-order chi connectivity index (χ0) is 12.8. The van der Waals surface area contributed by atoms with E-state index < -0.39 is 11.4 Å². The number of methoxy groups -OCH3 is 1. The number of amides is 1. The molecule has 0 fully saturated rings. The highest BCUT2D eigenvalue weighted by Crippen LogP contribution is 2.05. The molecule has 5 heteroatoms. The third kappa shape index (κ3) is 6.05. The molecule has 5 nitrogen and oxygen atoms in total. The highest BCUT2D eigenvalue weighted by molar-refractivity contribution is 5.84. The summed E-state index contributed by atoms with van der Waals surface area (Å²) in [7, 11) is 1.66. The molecule has 1 amide bonds. The summed E-state index contributed by atoms with van der Waals surface area (Å²) in [5, 5.41) is 0. The SMILES string of the molecule is COCCN(CC(C)C)CC(C)(N)C(N)=O. The first-order chi connectivity index (χ1) is 7.29. The summed E-state index contributed by atoms with van der Waals surface area (Å²) in [6, 6.07) is 0. The molecular formula is C11H25N3O2. The van der Waals surface area contributed by atoms with E-state index >= 15 is 0 Å². The number of carbonyl (C=O) groups is 1. The molecule has 0 aromatic heterocycles. The van der Waals surface area contributed by atoms with Crippen molar-refractivity contribution in [2.45, 2.75) is 26.3 Å². The standard InChI is InChI=1S/C11H25N3O2/c1-9(2)7-14(5-6-16-4)8-11(3,13)10(12)15/h9H,5-8,13H2,1-4H3,(H2,12,15). The summed E-state index contributed by atoms with van der Waals surface area (Å²) in [5.41, 5.74) is 10.1. The predicted molar refractivity (Wildman–Crippen MR) is 64.9 cm³/mol. The molecule has 0 aliphatic heterocycles. The van der Waals surface area contributed by atoms with E-state index in [0.29, 0.717) is 19.1 Å². The number of hydrogen-bond donors (Lipinski definition) is 2. The van der Waals surface area contributed by atoms with E-state index in [1.165, 1.54) is 0 Å². The average molecular weight is 231 g/mol. The molecule has 4 N–H and O–H groups in total. The molecule has 0 saturated carbocycles. The molecule has 96 valence electrons. The van der Waals surface area contributed by atoms with E-state index in [2.05, 4.69) is 18.7 Å². The van der Waals surface area contributed by atoms with Gasteiger partial charge in [-0.25, -0.2) is 0 Å². The molecule has 0 saturated heterocycles. The number of rotatable bonds is 8. The van der Waals surface area contributed by atoms with Crippen molar-refractivity contribution in [3.05, 3.63) is 0 Å². The van der Waals surface area contributed by atoms with Gasteiger partial charge < -0.3 is 16.2 Å². The van der Waals surface area contributed by atoms with Crippen LogP contribution in [0.1, 0.15) is 20.8 Å². The Morgan fingerprint density at radius 3 is 2.44 bits per heavy atom. The lowest BCUT2D eigenvalue weighted by molar-refractivity contribution is -0.123. The van der Waals surface area contributed by atoms with E-state index in [1.54, 1.807) is 14.0 Å². The number of nitrogens with two attached hydrogens (primary N) is 2. The molecule has 1 unspecified atom stereocenters. The number of primary amides is 1. The summed E-state index contributed by atoms with van der Waals surface area (Å²) < 4.78 is 5.03. The summed E-state index contributed by atoms with van der Waals surface area (Å²) >= 11 is 0. The molecule has 0 aliphatic carbocycles. The molecule has 1 atom stereocenters. The van der Waals surface area contributed by atoms with Crippen LogP contribution in [0.4, 0.5) is 0 Å². The quantitative estimate of drug-likeness (QED) is 0.606. The normalized spacial score (nSPS) is 15.4.